The highest BCUT2D eigenvalue weighted by Crippen LogP contribution is 2.17. The molecule has 1 amide bonds. The summed E-state index contributed by atoms with van der Waals surface area (Å²) in [5, 5.41) is 0. The van der Waals surface area contributed by atoms with E-state index in [-0.39, 0.29) is 12.4 Å². The summed E-state index contributed by atoms with van der Waals surface area (Å²) in [6.07, 6.45) is 5.88. The summed E-state index contributed by atoms with van der Waals surface area (Å²) < 4.78 is 0.675. The van der Waals surface area contributed by atoms with Crippen LogP contribution in [0.15, 0.2) is 30.3 Å². The maximum atomic E-state index is 11.3. The molecule has 1 heterocycles. The maximum Gasteiger partial charge on any atom is 0.301 e. The third-order valence-corrected chi connectivity index (χ3v) is 3.62. The fourth-order valence-electron chi connectivity index (χ4n) is 2.52. The SMILES string of the molecule is Cl.O=C[N+]1(CCc2ccccc2)CCCCC1. The van der Waals surface area contributed by atoms with Gasteiger partial charge in [-0.2, -0.15) is 0 Å². The number of halogens is 1. The van der Waals surface area contributed by atoms with E-state index in [1.807, 2.05) is 6.07 Å². The first-order valence-corrected chi connectivity index (χ1v) is 6.21. The van der Waals surface area contributed by atoms with Gasteiger partial charge in [-0.15, -0.1) is 12.4 Å². The van der Waals surface area contributed by atoms with Gasteiger partial charge in [0.1, 0.15) is 0 Å². The van der Waals surface area contributed by atoms with Crippen LogP contribution >= 0.6 is 12.4 Å². The summed E-state index contributed by atoms with van der Waals surface area (Å²) in [4.78, 5) is 11.3. The lowest BCUT2D eigenvalue weighted by atomic mass is 10.1. The van der Waals surface area contributed by atoms with Gasteiger partial charge in [-0.25, -0.2) is 4.79 Å². The first-order valence-electron chi connectivity index (χ1n) is 6.21. The quantitative estimate of drug-likeness (QED) is 0.597. The summed E-state index contributed by atoms with van der Waals surface area (Å²) in [5.74, 6) is 0. The summed E-state index contributed by atoms with van der Waals surface area (Å²) >= 11 is 0. The highest BCUT2D eigenvalue weighted by Gasteiger charge is 2.28. The minimum absolute atomic E-state index is 0. The van der Waals surface area contributed by atoms with Crippen molar-refractivity contribution in [3.63, 3.8) is 0 Å². The van der Waals surface area contributed by atoms with E-state index in [4.69, 9.17) is 0 Å². The van der Waals surface area contributed by atoms with Gasteiger partial charge in [-0.05, 0) is 24.8 Å². The Hall–Kier alpha value is -0.860. The molecule has 17 heavy (non-hydrogen) atoms. The van der Waals surface area contributed by atoms with Crippen molar-refractivity contribution in [1.82, 2.24) is 0 Å². The lowest BCUT2D eigenvalue weighted by Gasteiger charge is -2.35. The Bertz CT molecular complexity index is 333. The average Bonchev–Trinajstić information content (AvgIpc) is 2.39. The number of benzene rings is 1. The van der Waals surface area contributed by atoms with Gasteiger partial charge in [0.05, 0.1) is 19.6 Å². The third kappa shape index (κ3) is 3.83. The van der Waals surface area contributed by atoms with Crippen molar-refractivity contribution in [3.05, 3.63) is 35.9 Å². The van der Waals surface area contributed by atoms with Crippen molar-refractivity contribution in [1.29, 1.82) is 0 Å². The van der Waals surface area contributed by atoms with Crippen LogP contribution in [0.25, 0.3) is 0 Å². The molecule has 1 aromatic rings. The van der Waals surface area contributed by atoms with E-state index in [0.29, 0.717) is 4.48 Å². The fraction of sp³-hybridized carbons (Fsp3) is 0.500. The zero-order valence-corrected chi connectivity index (χ0v) is 11.0. The van der Waals surface area contributed by atoms with E-state index >= 15 is 0 Å². The summed E-state index contributed by atoms with van der Waals surface area (Å²) in [6.45, 7) is 3.04. The molecule has 1 aromatic carbocycles. The molecule has 0 aliphatic carbocycles. The van der Waals surface area contributed by atoms with E-state index in [1.165, 1.54) is 31.2 Å². The van der Waals surface area contributed by atoms with Crippen LogP contribution in [0, 0.1) is 0 Å². The average molecular weight is 255 g/mol. The van der Waals surface area contributed by atoms with Gasteiger partial charge in [0.2, 0.25) is 0 Å². The number of quaternary nitrogens is 1. The number of nitrogens with zero attached hydrogens (tertiary/aromatic N) is 1. The van der Waals surface area contributed by atoms with Gasteiger partial charge in [0.15, 0.2) is 0 Å². The number of piperidine rings is 1. The van der Waals surface area contributed by atoms with Crippen LogP contribution in [0.2, 0.25) is 0 Å². The molecule has 0 bridgehead atoms. The lowest BCUT2D eigenvalue weighted by molar-refractivity contribution is -0.850. The number of carbonyl (C=O) groups is 1. The Balaban J connectivity index is 0.00000144. The van der Waals surface area contributed by atoms with Crippen LogP contribution in [0.5, 0.6) is 0 Å². The molecule has 0 unspecified atom stereocenters. The fourth-order valence-corrected chi connectivity index (χ4v) is 2.52. The van der Waals surface area contributed by atoms with Gasteiger partial charge < -0.3 is 0 Å². The Morgan fingerprint density at radius 1 is 1.06 bits per heavy atom. The normalized spacial score (nSPS) is 18.1. The second-order valence-corrected chi connectivity index (χ2v) is 4.79. The first kappa shape index (κ1) is 14.2. The van der Waals surface area contributed by atoms with Crippen LogP contribution < -0.4 is 0 Å². The Morgan fingerprint density at radius 2 is 1.71 bits per heavy atom. The number of hydrogen-bond donors (Lipinski definition) is 0. The van der Waals surface area contributed by atoms with Crippen LogP contribution in [-0.2, 0) is 11.2 Å². The molecule has 0 radical (unpaired) electrons. The van der Waals surface area contributed by atoms with Crippen LogP contribution in [0.1, 0.15) is 24.8 Å². The lowest BCUT2D eigenvalue weighted by Crippen LogP contribution is -2.51. The molecule has 0 spiro atoms. The molecule has 0 aromatic heterocycles. The van der Waals surface area contributed by atoms with Crippen LogP contribution in [0.4, 0.5) is 0 Å². The highest BCUT2D eigenvalue weighted by atomic mass is 35.5. The van der Waals surface area contributed by atoms with E-state index in [1.54, 1.807) is 0 Å². The monoisotopic (exact) mass is 254 g/mol. The van der Waals surface area contributed by atoms with Gasteiger partial charge in [0, 0.05) is 6.42 Å². The first-order chi connectivity index (χ1) is 7.85. The summed E-state index contributed by atoms with van der Waals surface area (Å²) in [6, 6.07) is 10.5. The maximum absolute atomic E-state index is 11.3. The number of hydrogen-bond acceptors (Lipinski definition) is 1. The highest BCUT2D eigenvalue weighted by molar-refractivity contribution is 5.85. The predicted octanol–water partition coefficient (Wildman–Crippen LogP) is 2.81. The minimum Gasteiger partial charge on any atom is -0.263 e. The molecular formula is C14H21ClNO+. The second-order valence-electron chi connectivity index (χ2n) is 4.79. The minimum atomic E-state index is 0. The molecule has 1 aliphatic rings. The molecule has 94 valence electrons. The zero-order valence-electron chi connectivity index (χ0n) is 10.2. The second kappa shape index (κ2) is 6.77. The molecule has 1 fully saturated rings. The molecule has 3 heteroatoms. The number of rotatable bonds is 4. The molecule has 0 saturated carbocycles. The molecule has 0 atom stereocenters. The van der Waals surface area contributed by atoms with E-state index in [0.717, 1.165) is 26.1 Å². The molecule has 1 aliphatic heterocycles. The van der Waals surface area contributed by atoms with E-state index in [9.17, 15) is 4.79 Å². The summed E-state index contributed by atoms with van der Waals surface area (Å²) in [7, 11) is 0. The van der Waals surface area contributed by atoms with E-state index < -0.39 is 0 Å². The number of amides is 1. The van der Waals surface area contributed by atoms with Crippen LogP contribution in [0.3, 0.4) is 0 Å². The van der Waals surface area contributed by atoms with Crippen molar-refractivity contribution >= 4 is 18.8 Å². The Labute approximate surface area is 110 Å². The third-order valence-electron chi connectivity index (χ3n) is 3.62. The topological polar surface area (TPSA) is 17.1 Å². The van der Waals surface area contributed by atoms with Crippen LogP contribution in [-0.4, -0.2) is 30.5 Å². The number of carbonyl (C=O) groups excluding carboxylic acids is 1. The number of likely N-dealkylation sites (tertiary alicyclic amines) is 1. The van der Waals surface area contributed by atoms with Gasteiger partial charge in [-0.1, -0.05) is 30.3 Å². The molecule has 0 N–H and O–H groups in total. The van der Waals surface area contributed by atoms with Crippen molar-refractivity contribution in [2.75, 3.05) is 19.6 Å². The molecular weight excluding hydrogens is 234 g/mol. The van der Waals surface area contributed by atoms with Crippen molar-refractivity contribution in [2.24, 2.45) is 0 Å². The Morgan fingerprint density at radius 3 is 2.29 bits per heavy atom. The van der Waals surface area contributed by atoms with Gasteiger partial charge in [-0.3, -0.25) is 4.48 Å². The molecule has 2 rings (SSSR count). The van der Waals surface area contributed by atoms with Gasteiger partial charge >= 0.3 is 6.41 Å². The standard InChI is InChI=1S/C14H20NO.ClH/c16-13-15(10-5-2-6-11-15)12-9-14-7-3-1-4-8-14;/h1,3-4,7-8,13H,2,5-6,9-12H2;1H/q+1;. The van der Waals surface area contributed by atoms with Crippen molar-refractivity contribution < 1.29 is 9.28 Å². The predicted molar refractivity (Wildman–Crippen MR) is 72.2 cm³/mol. The zero-order chi connectivity index (χ0) is 11.3. The smallest absolute Gasteiger partial charge is 0.263 e. The molecule has 1 saturated heterocycles. The van der Waals surface area contributed by atoms with Crippen molar-refractivity contribution in [3.8, 4) is 0 Å². The van der Waals surface area contributed by atoms with Crippen molar-refractivity contribution in [2.45, 2.75) is 25.7 Å². The summed E-state index contributed by atoms with van der Waals surface area (Å²) in [5.41, 5.74) is 1.34. The van der Waals surface area contributed by atoms with Gasteiger partial charge in [0.25, 0.3) is 0 Å². The Kier molecular flexibility index (Phi) is 5.66. The molecule has 2 nitrogen and oxygen atoms in total. The largest absolute Gasteiger partial charge is 0.301 e. The van der Waals surface area contributed by atoms with E-state index in [2.05, 4.69) is 24.3 Å².